The highest BCUT2D eigenvalue weighted by molar-refractivity contribution is 7.09. The molecule has 1 aliphatic rings. The number of nitrogens with zero attached hydrogens (tertiary/aromatic N) is 1. The Morgan fingerprint density at radius 3 is 2.79 bits per heavy atom. The van der Waals surface area contributed by atoms with E-state index in [1.54, 1.807) is 23.5 Å². The number of benzene rings is 2. The average Bonchev–Trinajstić information content (AvgIpc) is 3.47. The molecule has 2 heterocycles. The Morgan fingerprint density at radius 1 is 1.26 bits per heavy atom. The number of thiazole rings is 1. The summed E-state index contributed by atoms with van der Waals surface area (Å²) in [5.41, 5.74) is 1.90. The molecule has 2 N–H and O–H groups in total. The van der Waals surface area contributed by atoms with Crippen molar-refractivity contribution in [3.05, 3.63) is 70.3 Å². The minimum atomic E-state index is -0.621. The maximum Gasteiger partial charge on any atom is 0.220 e. The smallest absolute Gasteiger partial charge is 0.220 e. The van der Waals surface area contributed by atoms with Crippen LogP contribution in [0.25, 0.3) is 11.3 Å². The summed E-state index contributed by atoms with van der Waals surface area (Å²) >= 11 is 1.58. The Hall–Kier alpha value is -3.26. The lowest BCUT2D eigenvalue weighted by atomic mass is 9.84. The molecule has 6 nitrogen and oxygen atoms in total. The number of hydrogen-bond acceptors (Lipinski definition) is 5. The van der Waals surface area contributed by atoms with Gasteiger partial charge in [-0.15, -0.1) is 11.3 Å². The SMILES string of the molecule is COc1ccc(CC2(CCC(=O)NCCc3nc(-c4ccccc4)cs3)CCC(=O)N2)c(F)c1. The highest BCUT2D eigenvalue weighted by atomic mass is 32.1. The lowest BCUT2D eigenvalue weighted by Gasteiger charge is -2.29. The van der Waals surface area contributed by atoms with E-state index in [1.165, 1.54) is 13.2 Å². The fraction of sp³-hybridized carbons (Fsp3) is 0.346. The molecular weight excluding hydrogens is 453 g/mol. The van der Waals surface area contributed by atoms with E-state index >= 15 is 0 Å². The number of halogens is 1. The van der Waals surface area contributed by atoms with Gasteiger partial charge in [-0.05, 0) is 30.9 Å². The van der Waals surface area contributed by atoms with Gasteiger partial charge in [-0.3, -0.25) is 9.59 Å². The van der Waals surface area contributed by atoms with Gasteiger partial charge in [0.05, 0.1) is 17.8 Å². The van der Waals surface area contributed by atoms with Gasteiger partial charge in [0.25, 0.3) is 0 Å². The van der Waals surface area contributed by atoms with Gasteiger partial charge >= 0.3 is 0 Å². The van der Waals surface area contributed by atoms with Crippen LogP contribution < -0.4 is 15.4 Å². The van der Waals surface area contributed by atoms with Crippen molar-refractivity contribution in [3.63, 3.8) is 0 Å². The highest BCUT2D eigenvalue weighted by Crippen LogP contribution is 2.31. The number of rotatable bonds is 10. The second-order valence-electron chi connectivity index (χ2n) is 8.56. The number of methoxy groups -OCH3 is 1. The van der Waals surface area contributed by atoms with Crippen LogP contribution in [0.5, 0.6) is 5.75 Å². The first-order valence-electron chi connectivity index (χ1n) is 11.4. The Balaban J connectivity index is 1.29. The van der Waals surface area contributed by atoms with E-state index in [0.29, 0.717) is 50.0 Å². The normalized spacial score (nSPS) is 17.4. The van der Waals surface area contributed by atoms with Crippen LogP contribution in [0, 0.1) is 5.82 Å². The van der Waals surface area contributed by atoms with Crippen molar-refractivity contribution in [2.45, 2.75) is 44.1 Å². The Bertz CT molecular complexity index is 1150. The Labute approximate surface area is 202 Å². The van der Waals surface area contributed by atoms with Crippen molar-refractivity contribution >= 4 is 23.2 Å². The number of nitrogens with one attached hydrogen (secondary N) is 2. The van der Waals surface area contributed by atoms with Crippen molar-refractivity contribution in [1.82, 2.24) is 15.6 Å². The highest BCUT2D eigenvalue weighted by Gasteiger charge is 2.38. The first kappa shape index (κ1) is 23.9. The molecule has 1 unspecified atom stereocenters. The fourth-order valence-corrected chi connectivity index (χ4v) is 5.07. The molecule has 2 amide bonds. The van der Waals surface area contributed by atoms with E-state index in [9.17, 15) is 14.0 Å². The number of hydrogen-bond donors (Lipinski definition) is 2. The van der Waals surface area contributed by atoms with Crippen molar-refractivity contribution in [3.8, 4) is 17.0 Å². The van der Waals surface area contributed by atoms with Gasteiger partial charge in [0.1, 0.15) is 11.6 Å². The minimum absolute atomic E-state index is 0.0627. The molecule has 1 aliphatic heterocycles. The minimum Gasteiger partial charge on any atom is -0.497 e. The molecule has 8 heteroatoms. The van der Waals surface area contributed by atoms with Gasteiger partial charge in [-0.2, -0.15) is 0 Å². The van der Waals surface area contributed by atoms with Crippen LogP contribution in [0.1, 0.15) is 36.3 Å². The zero-order chi connectivity index (χ0) is 24.0. The van der Waals surface area contributed by atoms with Gasteiger partial charge in [-0.25, -0.2) is 9.37 Å². The summed E-state index contributed by atoms with van der Waals surface area (Å²) in [5.74, 6) is -0.0771. The first-order chi connectivity index (χ1) is 16.5. The van der Waals surface area contributed by atoms with Gasteiger partial charge < -0.3 is 15.4 Å². The van der Waals surface area contributed by atoms with Gasteiger partial charge in [0.15, 0.2) is 0 Å². The average molecular weight is 482 g/mol. The summed E-state index contributed by atoms with van der Waals surface area (Å²) in [6, 6.07) is 14.7. The lowest BCUT2D eigenvalue weighted by molar-refractivity contribution is -0.122. The van der Waals surface area contributed by atoms with Crippen molar-refractivity contribution in [2.24, 2.45) is 0 Å². The molecule has 3 aromatic rings. The standard InChI is InChI=1S/C26H28FN3O3S/c1-33-20-8-7-19(21(27)15-20)16-26(13-10-24(32)30-26)12-9-23(31)28-14-11-25-29-22(17-34-25)18-5-3-2-4-6-18/h2-8,15,17H,9-14,16H2,1H3,(H,28,31)(H,30,32). The van der Waals surface area contributed by atoms with E-state index in [0.717, 1.165) is 16.3 Å². The summed E-state index contributed by atoms with van der Waals surface area (Å²) in [7, 11) is 1.49. The molecule has 1 saturated heterocycles. The van der Waals surface area contributed by atoms with Crippen LogP contribution >= 0.6 is 11.3 Å². The second-order valence-corrected chi connectivity index (χ2v) is 9.50. The van der Waals surface area contributed by atoms with E-state index in [-0.39, 0.29) is 24.1 Å². The number of carbonyl (C=O) groups excluding carboxylic acids is 2. The topological polar surface area (TPSA) is 80.3 Å². The maximum atomic E-state index is 14.5. The molecule has 0 spiro atoms. The Morgan fingerprint density at radius 2 is 2.09 bits per heavy atom. The molecule has 1 atom stereocenters. The molecule has 34 heavy (non-hydrogen) atoms. The van der Waals surface area contributed by atoms with Gasteiger partial charge in [-0.1, -0.05) is 36.4 Å². The van der Waals surface area contributed by atoms with Crippen LogP contribution in [-0.2, 0) is 22.4 Å². The van der Waals surface area contributed by atoms with Gasteiger partial charge in [0.2, 0.25) is 11.8 Å². The monoisotopic (exact) mass is 481 g/mol. The number of aromatic nitrogens is 1. The van der Waals surface area contributed by atoms with E-state index in [2.05, 4.69) is 15.6 Å². The van der Waals surface area contributed by atoms with Crippen LogP contribution in [-0.4, -0.2) is 36.0 Å². The number of carbonyl (C=O) groups is 2. The Kier molecular flexibility index (Phi) is 7.57. The summed E-state index contributed by atoms with van der Waals surface area (Å²) in [4.78, 5) is 29.1. The predicted octanol–water partition coefficient (Wildman–Crippen LogP) is 4.29. The molecule has 178 valence electrons. The molecule has 0 saturated carbocycles. The summed E-state index contributed by atoms with van der Waals surface area (Å²) in [6.07, 6.45) is 2.65. The van der Waals surface area contributed by atoms with Crippen molar-refractivity contribution in [2.75, 3.05) is 13.7 Å². The van der Waals surface area contributed by atoms with Crippen molar-refractivity contribution in [1.29, 1.82) is 0 Å². The largest absolute Gasteiger partial charge is 0.497 e. The van der Waals surface area contributed by atoms with Crippen LogP contribution in [0.2, 0.25) is 0 Å². The van der Waals surface area contributed by atoms with E-state index < -0.39 is 5.54 Å². The second kappa shape index (κ2) is 10.8. The third-order valence-electron chi connectivity index (χ3n) is 6.14. The zero-order valence-corrected chi connectivity index (χ0v) is 19.9. The predicted molar refractivity (Wildman–Crippen MR) is 130 cm³/mol. The maximum absolute atomic E-state index is 14.5. The molecule has 1 fully saturated rings. The van der Waals surface area contributed by atoms with Crippen LogP contribution in [0.15, 0.2) is 53.9 Å². The van der Waals surface area contributed by atoms with E-state index in [4.69, 9.17) is 4.74 Å². The number of amides is 2. The fourth-order valence-electron chi connectivity index (χ4n) is 4.26. The van der Waals surface area contributed by atoms with Crippen LogP contribution in [0.4, 0.5) is 4.39 Å². The quantitative estimate of drug-likeness (QED) is 0.453. The molecule has 4 rings (SSSR count). The van der Waals surface area contributed by atoms with Crippen LogP contribution in [0.3, 0.4) is 0 Å². The molecule has 2 aromatic carbocycles. The summed E-state index contributed by atoms with van der Waals surface area (Å²) in [6.45, 7) is 0.493. The molecule has 0 radical (unpaired) electrons. The third kappa shape index (κ3) is 5.99. The first-order valence-corrected chi connectivity index (χ1v) is 12.2. The summed E-state index contributed by atoms with van der Waals surface area (Å²) < 4.78 is 19.6. The van der Waals surface area contributed by atoms with Crippen molar-refractivity contribution < 1.29 is 18.7 Å². The zero-order valence-electron chi connectivity index (χ0n) is 19.1. The molecule has 0 bridgehead atoms. The lowest BCUT2D eigenvalue weighted by Crippen LogP contribution is -2.44. The molecule has 1 aromatic heterocycles. The van der Waals surface area contributed by atoms with Gasteiger partial charge in [0, 0.05) is 48.4 Å². The summed E-state index contributed by atoms with van der Waals surface area (Å²) in [5, 5.41) is 8.94. The third-order valence-corrected chi connectivity index (χ3v) is 7.05. The molecule has 0 aliphatic carbocycles. The van der Waals surface area contributed by atoms with E-state index in [1.807, 2.05) is 35.7 Å². The molecular formula is C26H28FN3O3S. The number of ether oxygens (including phenoxy) is 1.